The summed E-state index contributed by atoms with van der Waals surface area (Å²) in [4.78, 5) is 29.4. The van der Waals surface area contributed by atoms with Crippen molar-refractivity contribution in [1.29, 1.82) is 0 Å². The van der Waals surface area contributed by atoms with Crippen LogP contribution in [0.4, 0.5) is 0 Å². The third-order valence-corrected chi connectivity index (χ3v) is 4.78. The Morgan fingerprint density at radius 2 is 1.84 bits per heavy atom. The average Bonchev–Trinajstić information content (AvgIpc) is 2.68. The molecule has 0 radical (unpaired) electrons. The maximum Gasteiger partial charge on any atom is 0.254 e. The van der Waals surface area contributed by atoms with Crippen LogP contribution in [0.2, 0.25) is 0 Å². The summed E-state index contributed by atoms with van der Waals surface area (Å²) < 4.78 is 10.8. The van der Waals surface area contributed by atoms with E-state index in [0.717, 1.165) is 25.0 Å². The van der Waals surface area contributed by atoms with E-state index in [1.54, 1.807) is 29.2 Å². The van der Waals surface area contributed by atoms with Crippen LogP contribution >= 0.6 is 0 Å². The van der Waals surface area contributed by atoms with Crippen molar-refractivity contribution in [2.75, 3.05) is 39.5 Å². The lowest BCUT2D eigenvalue weighted by molar-refractivity contribution is -0.141. The van der Waals surface area contributed by atoms with Gasteiger partial charge in [-0.1, -0.05) is 0 Å². The summed E-state index contributed by atoms with van der Waals surface area (Å²) in [6, 6.07) is 6.81. The number of carbonyl (C=O) groups is 2. The van der Waals surface area contributed by atoms with Crippen molar-refractivity contribution >= 4 is 11.8 Å². The molecule has 6 nitrogen and oxygen atoms in total. The van der Waals surface area contributed by atoms with E-state index < -0.39 is 0 Å². The van der Waals surface area contributed by atoms with Gasteiger partial charge >= 0.3 is 0 Å². The van der Waals surface area contributed by atoms with Gasteiger partial charge in [-0.05, 0) is 50.5 Å². The molecule has 2 saturated heterocycles. The third-order valence-electron chi connectivity index (χ3n) is 4.78. The van der Waals surface area contributed by atoms with Gasteiger partial charge in [-0.3, -0.25) is 9.59 Å². The number of morpholine rings is 1. The SMILES string of the molecule is CCOc1ccc(C(=O)N2CCCC[C@H]2C(=O)N2CCOCC2)cc1. The zero-order chi connectivity index (χ0) is 17.6. The zero-order valence-corrected chi connectivity index (χ0v) is 14.8. The van der Waals surface area contributed by atoms with Crippen molar-refractivity contribution in [2.45, 2.75) is 32.2 Å². The van der Waals surface area contributed by atoms with Gasteiger partial charge in [-0.15, -0.1) is 0 Å². The fourth-order valence-corrected chi connectivity index (χ4v) is 3.45. The second kappa shape index (κ2) is 8.34. The molecule has 0 bridgehead atoms. The highest BCUT2D eigenvalue weighted by Gasteiger charge is 2.35. The van der Waals surface area contributed by atoms with Crippen molar-refractivity contribution in [3.63, 3.8) is 0 Å². The normalized spacial score (nSPS) is 21.1. The summed E-state index contributed by atoms with van der Waals surface area (Å²) in [5.41, 5.74) is 0.602. The van der Waals surface area contributed by atoms with Gasteiger partial charge in [0.2, 0.25) is 5.91 Å². The Labute approximate surface area is 148 Å². The molecule has 6 heteroatoms. The van der Waals surface area contributed by atoms with Crippen LogP contribution in [-0.2, 0) is 9.53 Å². The molecule has 0 N–H and O–H groups in total. The van der Waals surface area contributed by atoms with Gasteiger partial charge in [0.25, 0.3) is 5.91 Å². The molecule has 0 aromatic heterocycles. The number of rotatable bonds is 4. The quantitative estimate of drug-likeness (QED) is 0.836. The van der Waals surface area contributed by atoms with Crippen molar-refractivity contribution in [2.24, 2.45) is 0 Å². The smallest absolute Gasteiger partial charge is 0.254 e. The number of amides is 2. The number of benzene rings is 1. The van der Waals surface area contributed by atoms with Crippen LogP contribution in [-0.4, -0.2) is 67.1 Å². The number of ether oxygens (including phenoxy) is 2. The van der Waals surface area contributed by atoms with Gasteiger partial charge in [-0.25, -0.2) is 0 Å². The monoisotopic (exact) mass is 346 g/mol. The Kier molecular flexibility index (Phi) is 5.91. The summed E-state index contributed by atoms with van der Waals surface area (Å²) in [6.07, 6.45) is 2.66. The average molecular weight is 346 g/mol. The van der Waals surface area contributed by atoms with Crippen molar-refractivity contribution < 1.29 is 19.1 Å². The number of piperidine rings is 1. The Morgan fingerprint density at radius 3 is 2.52 bits per heavy atom. The summed E-state index contributed by atoms with van der Waals surface area (Å²) in [6.45, 7) is 5.52. The van der Waals surface area contributed by atoms with Crippen molar-refractivity contribution in [3.8, 4) is 5.75 Å². The predicted molar refractivity (Wildman–Crippen MR) is 93.7 cm³/mol. The van der Waals surface area contributed by atoms with Crippen molar-refractivity contribution in [3.05, 3.63) is 29.8 Å². The third kappa shape index (κ3) is 4.12. The van der Waals surface area contributed by atoms with E-state index in [9.17, 15) is 9.59 Å². The molecule has 1 atom stereocenters. The Hall–Kier alpha value is -2.08. The van der Waals surface area contributed by atoms with E-state index >= 15 is 0 Å². The van der Waals surface area contributed by atoms with E-state index in [1.807, 2.05) is 11.8 Å². The first-order chi connectivity index (χ1) is 12.2. The standard InChI is InChI=1S/C19H26N2O4/c1-2-25-16-8-6-15(7-9-16)18(22)21-10-4-3-5-17(21)19(23)20-11-13-24-14-12-20/h6-9,17H,2-5,10-14H2,1H3/t17-/m0/s1. The molecule has 1 aromatic carbocycles. The van der Waals surface area contributed by atoms with Crippen LogP contribution in [0.25, 0.3) is 0 Å². The van der Waals surface area contributed by atoms with Gasteiger partial charge in [0.15, 0.2) is 0 Å². The fourth-order valence-electron chi connectivity index (χ4n) is 3.45. The van der Waals surface area contributed by atoms with E-state index in [1.165, 1.54) is 0 Å². The first-order valence-corrected chi connectivity index (χ1v) is 9.11. The molecular formula is C19H26N2O4. The highest BCUT2D eigenvalue weighted by molar-refractivity contribution is 5.97. The largest absolute Gasteiger partial charge is 0.494 e. The Morgan fingerprint density at radius 1 is 1.12 bits per heavy atom. The van der Waals surface area contributed by atoms with Gasteiger partial charge in [0, 0.05) is 25.2 Å². The van der Waals surface area contributed by atoms with Gasteiger partial charge in [0.1, 0.15) is 11.8 Å². The highest BCUT2D eigenvalue weighted by atomic mass is 16.5. The maximum atomic E-state index is 13.0. The minimum atomic E-state index is -0.356. The van der Waals surface area contributed by atoms with E-state index in [-0.39, 0.29) is 17.9 Å². The number of carbonyl (C=O) groups excluding carboxylic acids is 2. The van der Waals surface area contributed by atoms with Crippen LogP contribution in [0.3, 0.4) is 0 Å². The van der Waals surface area contributed by atoms with Crippen LogP contribution in [0.15, 0.2) is 24.3 Å². The first-order valence-electron chi connectivity index (χ1n) is 9.11. The van der Waals surface area contributed by atoms with E-state index in [4.69, 9.17) is 9.47 Å². The predicted octanol–water partition coefficient (Wildman–Crippen LogP) is 1.94. The molecule has 0 aliphatic carbocycles. The molecule has 2 amide bonds. The molecule has 0 spiro atoms. The molecule has 2 aliphatic rings. The number of likely N-dealkylation sites (tertiary alicyclic amines) is 1. The van der Waals surface area contributed by atoms with Crippen LogP contribution < -0.4 is 4.74 Å². The van der Waals surface area contributed by atoms with E-state index in [2.05, 4.69) is 0 Å². The molecule has 3 rings (SSSR count). The first kappa shape index (κ1) is 17.7. The van der Waals surface area contributed by atoms with Crippen LogP contribution in [0.1, 0.15) is 36.5 Å². The molecule has 2 heterocycles. The van der Waals surface area contributed by atoms with Gasteiger partial charge in [0.05, 0.1) is 19.8 Å². The topological polar surface area (TPSA) is 59.1 Å². The molecule has 0 saturated carbocycles. The summed E-state index contributed by atoms with van der Waals surface area (Å²) in [7, 11) is 0. The molecule has 136 valence electrons. The van der Waals surface area contributed by atoms with Gasteiger partial charge in [-0.2, -0.15) is 0 Å². The summed E-state index contributed by atoms with van der Waals surface area (Å²) >= 11 is 0. The molecule has 25 heavy (non-hydrogen) atoms. The van der Waals surface area contributed by atoms with Gasteiger partial charge < -0.3 is 19.3 Å². The molecule has 2 aliphatic heterocycles. The number of hydrogen-bond acceptors (Lipinski definition) is 4. The second-order valence-electron chi connectivity index (χ2n) is 6.41. The van der Waals surface area contributed by atoms with E-state index in [0.29, 0.717) is 45.0 Å². The fraction of sp³-hybridized carbons (Fsp3) is 0.579. The molecule has 1 aromatic rings. The maximum absolute atomic E-state index is 13.0. The summed E-state index contributed by atoms with van der Waals surface area (Å²) in [5, 5.41) is 0. The molecular weight excluding hydrogens is 320 g/mol. The zero-order valence-electron chi connectivity index (χ0n) is 14.8. The Bertz CT molecular complexity index is 596. The van der Waals surface area contributed by atoms with Crippen LogP contribution in [0.5, 0.6) is 5.75 Å². The Balaban J connectivity index is 1.73. The minimum Gasteiger partial charge on any atom is -0.494 e. The highest BCUT2D eigenvalue weighted by Crippen LogP contribution is 2.23. The number of nitrogens with zero attached hydrogens (tertiary/aromatic N) is 2. The number of hydrogen-bond donors (Lipinski definition) is 0. The minimum absolute atomic E-state index is 0.0577. The lowest BCUT2D eigenvalue weighted by atomic mass is 9.99. The molecule has 2 fully saturated rings. The lowest BCUT2D eigenvalue weighted by Gasteiger charge is -2.38. The van der Waals surface area contributed by atoms with Crippen LogP contribution in [0, 0.1) is 0 Å². The lowest BCUT2D eigenvalue weighted by Crippen LogP contribution is -2.55. The summed E-state index contributed by atoms with van der Waals surface area (Å²) in [5.74, 6) is 0.732. The van der Waals surface area contributed by atoms with Crippen molar-refractivity contribution in [1.82, 2.24) is 9.80 Å². The second-order valence-corrected chi connectivity index (χ2v) is 6.41. The molecule has 0 unspecified atom stereocenters.